The van der Waals surface area contributed by atoms with E-state index in [1.54, 1.807) is 6.07 Å². The molecule has 5 heteroatoms. The maximum Gasteiger partial charge on any atom is 0.319 e. The van der Waals surface area contributed by atoms with Crippen LogP contribution in [0.3, 0.4) is 0 Å². The highest BCUT2D eigenvalue weighted by Gasteiger charge is 2.19. The van der Waals surface area contributed by atoms with E-state index in [9.17, 15) is 9.18 Å². The van der Waals surface area contributed by atoms with Crippen molar-refractivity contribution in [3.05, 3.63) is 28.5 Å². The molecule has 1 saturated carbocycles. The van der Waals surface area contributed by atoms with Crippen LogP contribution in [0, 0.1) is 5.82 Å². The van der Waals surface area contributed by atoms with Crippen molar-refractivity contribution < 1.29 is 9.18 Å². The van der Waals surface area contributed by atoms with E-state index in [4.69, 9.17) is 0 Å². The van der Waals surface area contributed by atoms with Crippen LogP contribution in [-0.4, -0.2) is 12.1 Å². The number of anilines is 1. The Kier molecular flexibility index (Phi) is 3.43. The number of hydrogen-bond acceptors (Lipinski definition) is 1. The summed E-state index contributed by atoms with van der Waals surface area (Å²) in [5.41, 5.74) is 0.186. The lowest BCUT2D eigenvalue weighted by Gasteiger charge is -2.26. The molecule has 16 heavy (non-hydrogen) atoms. The van der Waals surface area contributed by atoms with Gasteiger partial charge in [-0.25, -0.2) is 9.18 Å². The molecular formula is C11H12BrFN2O. The van der Waals surface area contributed by atoms with Gasteiger partial charge in [0.15, 0.2) is 0 Å². The molecule has 2 amide bonds. The number of rotatable bonds is 2. The minimum atomic E-state index is -0.438. The summed E-state index contributed by atoms with van der Waals surface area (Å²) in [6, 6.07) is 4.33. The lowest BCUT2D eigenvalue weighted by molar-refractivity contribution is 0.240. The summed E-state index contributed by atoms with van der Waals surface area (Å²) in [7, 11) is 0. The molecule has 0 saturated heterocycles. The Bertz CT molecular complexity index is 407. The van der Waals surface area contributed by atoms with Crippen LogP contribution in [0.5, 0.6) is 0 Å². The molecule has 0 spiro atoms. The van der Waals surface area contributed by atoms with Crippen molar-refractivity contribution in [1.29, 1.82) is 0 Å². The van der Waals surface area contributed by atoms with Crippen molar-refractivity contribution in [3.8, 4) is 0 Å². The van der Waals surface area contributed by atoms with E-state index in [0.29, 0.717) is 0 Å². The van der Waals surface area contributed by atoms with Gasteiger partial charge < -0.3 is 10.6 Å². The Hall–Kier alpha value is -1.10. The van der Waals surface area contributed by atoms with Crippen LogP contribution in [0.15, 0.2) is 22.7 Å². The molecule has 1 fully saturated rings. The zero-order valence-electron chi connectivity index (χ0n) is 8.59. The fourth-order valence-electron chi connectivity index (χ4n) is 1.49. The van der Waals surface area contributed by atoms with Gasteiger partial charge in [-0.3, -0.25) is 0 Å². The van der Waals surface area contributed by atoms with Crippen LogP contribution in [0.4, 0.5) is 14.9 Å². The number of nitrogens with one attached hydrogen (secondary N) is 2. The molecule has 0 aromatic heterocycles. The summed E-state index contributed by atoms with van der Waals surface area (Å²) in [6.45, 7) is 0. The average molecular weight is 287 g/mol. The van der Waals surface area contributed by atoms with Gasteiger partial charge >= 0.3 is 6.03 Å². The normalized spacial score (nSPS) is 15.4. The molecule has 86 valence electrons. The summed E-state index contributed by atoms with van der Waals surface area (Å²) in [6.07, 6.45) is 3.17. The standard InChI is InChI=1S/C11H12BrFN2O/c12-7-4-5-9(13)10(6-7)15-11(16)14-8-2-1-3-8/h4-6,8H,1-3H2,(H2,14,15,16). The van der Waals surface area contributed by atoms with Gasteiger partial charge in [0, 0.05) is 10.5 Å². The molecule has 1 aliphatic rings. The zero-order valence-corrected chi connectivity index (χ0v) is 10.2. The number of carbonyl (C=O) groups is 1. The molecule has 0 bridgehead atoms. The maximum absolute atomic E-state index is 13.3. The highest BCUT2D eigenvalue weighted by atomic mass is 79.9. The molecule has 0 heterocycles. The molecule has 2 N–H and O–H groups in total. The lowest BCUT2D eigenvalue weighted by atomic mass is 9.93. The van der Waals surface area contributed by atoms with Gasteiger partial charge in [0.1, 0.15) is 5.82 Å². The number of carbonyl (C=O) groups excluding carboxylic acids is 1. The summed E-state index contributed by atoms with van der Waals surface area (Å²) in [5.74, 6) is -0.438. The zero-order chi connectivity index (χ0) is 11.5. The Morgan fingerprint density at radius 2 is 2.19 bits per heavy atom. The first-order chi connectivity index (χ1) is 7.65. The predicted molar refractivity (Wildman–Crippen MR) is 63.9 cm³/mol. The first-order valence-electron chi connectivity index (χ1n) is 5.18. The SMILES string of the molecule is O=C(Nc1cc(Br)ccc1F)NC1CCC1. The van der Waals surface area contributed by atoms with Crippen molar-refractivity contribution in [2.75, 3.05) is 5.32 Å². The quantitative estimate of drug-likeness (QED) is 0.861. The second kappa shape index (κ2) is 4.82. The minimum absolute atomic E-state index is 0.186. The van der Waals surface area contributed by atoms with Crippen LogP contribution in [0.2, 0.25) is 0 Å². The monoisotopic (exact) mass is 286 g/mol. The Morgan fingerprint density at radius 1 is 1.44 bits per heavy atom. The molecular weight excluding hydrogens is 275 g/mol. The van der Waals surface area contributed by atoms with Gasteiger partial charge in [-0.2, -0.15) is 0 Å². The van der Waals surface area contributed by atoms with E-state index < -0.39 is 5.82 Å². The summed E-state index contributed by atoms with van der Waals surface area (Å²) >= 11 is 3.22. The van der Waals surface area contributed by atoms with Gasteiger partial charge in [0.2, 0.25) is 0 Å². The predicted octanol–water partition coefficient (Wildman–Crippen LogP) is 3.26. The van der Waals surface area contributed by atoms with Crippen molar-refractivity contribution in [2.45, 2.75) is 25.3 Å². The van der Waals surface area contributed by atoms with Crippen molar-refractivity contribution in [3.63, 3.8) is 0 Å². The second-order valence-electron chi connectivity index (χ2n) is 3.85. The van der Waals surface area contributed by atoms with Gasteiger partial charge in [-0.15, -0.1) is 0 Å². The number of benzene rings is 1. The van der Waals surface area contributed by atoms with Gasteiger partial charge in [-0.1, -0.05) is 15.9 Å². The number of amides is 2. The second-order valence-corrected chi connectivity index (χ2v) is 4.77. The first-order valence-corrected chi connectivity index (χ1v) is 5.97. The van der Waals surface area contributed by atoms with E-state index in [2.05, 4.69) is 26.6 Å². The molecule has 0 radical (unpaired) electrons. The van der Waals surface area contributed by atoms with Gasteiger partial charge in [0.25, 0.3) is 0 Å². The third-order valence-corrected chi connectivity index (χ3v) is 3.11. The third kappa shape index (κ3) is 2.72. The van der Waals surface area contributed by atoms with Crippen LogP contribution in [0.1, 0.15) is 19.3 Å². The topological polar surface area (TPSA) is 41.1 Å². The molecule has 0 atom stereocenters. The minimum Gasteiger partial charge on any atom is -0.335 e. The first kappa shape index (κ1) is 11.4. The van der Waals surface area contributed by atoms with Crippen molar-refractivity contribution >= 4 is 27.6 Å². The molecule has 1 aliphatic carbocycles. The Morgan fingerprint density at radius 3 is 2.81 bits per heavy atom. The van der Waals surface area contributed by atoms with Gasteiger partial charge in [-0.05, 0) is 37.5 Å². The fourth-order valence-corrected chi connectivity index (χ4v) is 1.85. The molecule has 2 rings (SSSR count). The van der Waals surface area contributed by atoms with Crippen molar-refractivity contribution in [2.24, 2.45) is 0 Å². The van der Waals surface area contributed by atoms with E-state index >= 15 is 0 Å². The number of urea groups is 1. The molecule has 1 aromatic rings. The van der Waals surface area contributed by atoms with Crippen LogP contribution < -0.4 is 10.6 Å². The molecule has 0 aliphatic heterocycles. The Balaban J connectivity index is 1.96. The number of halogens is 2. The third-order valence-electron chi connectivity index (χ3n) is 2.62. The van der Waals surface area contributed by atoms with E-state index in [0.717, 1.165) is 23.7 Å². The summed E-state index contributed by atoms with van der Waals surface area (Å²) in [5, 5.41) is 5.27. The van der Waals surface area contributed by atoms with Gasteiger partial charge in [0.05, 0.1) is 5.69 Å². The highest BCUT2D eigenvalue weighted by Crippen LogP contribution is 2.21. The molecule has 0 unspecified atom stereocenters. The van der Waals surface area contributed by atoms with Crippen molar-refractivity contribution in [1.82, 2.24) is 5.32 Å². The van der Waals surface area contributed by atoms with Crippen LogP contribution in [-0.2, 0) is 0 Å². The number of hydrogen-bond donors (Lipinski definition) is 2. The fraction of sp³-hybridized carbons (Fsp3) is 0.364. The highest BCUT2D eigenvalue weighted by molar-refractivity contribution is 9.10. The van der Waals surface area contributed by atoms with E-state index in [1.807, 2.05) is 0 Å². The largest absolute Gasteiger partial charge is 0.335 e. The Labute approximate surface area is 102 Å². The smallest absolute Gasteiger partial charge is 0.319 e. The van der Waals surface area contributed by atoms with E-state index in [-0.39, 0.29) is 17.8 Å². The summed E-state index contributed by atoms with van der Waals surface area (Å²) < 4.78 is 14.0. The summed E-state index contributed by atoms with van der Waals surface area (Å²) in [4.78, 5) is 11.5. The van der Waals surface area contributed by atoms with Crippen LogP contribution >= 0.6 is 15.9 Å². The molecule has 3 nitrogen and oxygen atoms in total. The average Bonchev–Trinajstić information content (AvgIpc) is 2.18. The maximum atomic E-state index is 13.3. The van der Waals surface area contributed by atoms with Crippen LogP contribution in [0.25, 0.3) is 0 Å². The van der Waals surface area contributed by atoms with E-state index in [1.165, 1.54) is 12.1 Å². The molecule has 1 aromatic carbocycles. The lowest BCUT2D eigenvalue weighted by Crippen LogP contribution is -2.41.